The SMILES string of the molecule is CC(=O)C(C(=O)c1ccccc1)(C(=O)c1ccccc1)C(=O)c1ccccc1.[V]. The van der Waals surface area contributed by atoms with Gasteiger partial charge in [-0.2, -0.15) is 0 Å². The molecule has 1 radical (unpaired) electrons. The number of hydrogen-bond donors (Lipinski definition) is 0. The minimum atomic E-state index is -2.47. The average molecular weight is 421 g/mol. The van der Waals surface area contributed by atoms with Crippen molar-refractivity contribution in [1.29, 1.82) is 0 Å². The maximum atomic E-state index is 13.5. The second kappa shape index (κ2) is 9.42. The van der Waals surface area contributed by atoms with Gasteiger partial charge < -0.3 is 0 Å². The number of benzene rings is 3. The Morgan fingerprint density at radius 1 is 0.517 bits per heavy atom. The fourth-order valence-electron chi connectivity index (χ4n) is 3.21. The number of hydrogen-bond acceptors (Lipinski definition) is 4. The van der Waals surface area contributed by atoms with Crippen LogP contribution in [0.5, 0.6) is 0 Å². The maximum absolute atomic E-state index is 13.5. The monoisotopic (exact) mass is 421 g/mol. The van der Waals surface area contributed by atoms with E-state index in [0.717, 1.165) is 6.92 Å². The number of rotatable bonds is 7. The van der Waals surface area contributed by atoms with Gasteiger partial charge in [-0.15, -0.1) is 0 Å². The molecule has 143 valence electrons. The fraction of sp³-hybridized carbons (Fsp3) is 0.0833. The smallest absolute Gasteiger partial charge is 0.216 e. The van der Waals surface area contributed by atoms with Crippen molar-refractivity contribution in [3.63, 3.8) is 0 Å². The molecule has 0 saturated heterocycles. The Hall–Kier alpha value is -3.08. The Balaban J connectivity index is 0.00000300. The van der Waals surface area contributed by atoms with Gasteiger partial charge in [0.15, 0.2) is 23.1 Å². The van der Waals surface area contributed by atoms with Gasteiger partial charge in [-0.25, -0.2) is 0 Å². The van der Waals surface area contributed by atoms with E-state index in [-0.39, 0.29) is 35.2 Å². The second-order valence-electron chi connectivity index (χ2n) is 6.39. The molecule has 3 aromatic carbocycles. The molecule has 0 atom stereocenters. The third-order valence-corrected chi connectivity index (χ3v) is 4.66. The minimum absolute atomic E-state index is 0. The third-order valence-electron chi connectivity index (χ3n) is 4.66. The predicted molar refractivity (Wildman–Crippen MR) is 105 cm³/mol. The Morgan fingerprint density at radius 3 is 0.966 bits per heavy atom. The van der Waals surface area contributed by atoms with E-state index < -0.39 is 28.5 Å². The number of carbonyl (C=O) groups excluding carboxylic acids is 4. The topological polar surface area (TPSA) is 68.3 Å². The van der Waals surface area contributed by atoms with Crippen LogP contribution in [-0.4, -0.2) is 23.1 Å². The molecule has 3 rings (SSSR count). The summed E-state index contributed by atoms with van der Waals surface area (Å²) in [5.41, 5.74) is -2.08. The number of ketones is 4. The second-order valence-corrected chi connectivity index (χ2v) is 6.39. The standard InChI is InChI=1S/C24H18O4.V/c1-17(25)24(21(26)18-11-5-2-6-12-18,22(27)19-13-7-3-8-14-19)23(28)20-15-9-4-10-16-20;/h2-16H,1H3;. The van der Waals surface area contributed by atoms with Crippen LogP contribution >= 0.6 is 0 Å². The van der Waals surface area contributed by atoms with Crippen molar-refractivity contribution in [2.45, 2.75) is 6.92 Å². The van der Waals surface area contributed by atoms with Gasteiger partial charge in [0.1, 0.15) is 0 Å². The first-order valence-corrected chi connectivity index (χ1v) is 8.80. The quantitative estimate of drug-likeness (QED) is 0.424. The number of Topliss-reactive ketones (excluding diaryl/α,β-unsaturated/α-hetero) is 4. The van der Waals surface area contributed by atoms with E-state index in [1.807, 2.05) is 0 Å². The molecule has 0 aliphatic carbocycles. The van der Waals surface area contributed by atoms with E-state index in [2.05, 4.69) is 0 Å². The Bertz CT molecular complexity index is 903. The normalized spacial score (nSPS) is 10.5. The van der Waals surface area contributed by atoms with E-state index in [1.54, 1.807) is 54.6 Å². The van der Waals surface area contributed by atoms with Gasteiger partial charge in [-0.3, -0.25) is 19.2 Å². The average Bonchev–Trinajstić information content (AvgIpc) is 2.75. The largest absolute Gasteiger partial charge is 0.298 e. The van der Waals surface area contributed by atoms with Gasteiger partial charge in [0, 0.05) is 35.2 Å². The summed E-state index contributed by atoms with van der Waals surface area (Å²) in [6, 6.07) is 23.9. The summed E-state index contributed by atoms with van der Waals surface area (Å²) >= 11 is 0. The minimum Gasteiger partial charge on any atom is -0.298 e. The Labute approximate surface area is 180 Å². The van der Waals surface area contributed by atoms with Crippen LogP contribution in [0.15, 0.2) is 91.0 Å². The zero-order chi connectivity index (χ0) is 20.1. The molecule has 0 saturated carbocycles. The van der Waals surface area contributed by atoms with Gasteiger partial charge in [-0.1, -0.05) is 91.0 Å². The zero-order valence-electron chi connectivity index (χ0n) is 15.7. The summed E-state index contributed by atoms with van der Waals surface area (Å²) in [6.45, 7) is 1.11. The molecular formula is C24H18O4V. The van der Waals surface area contributed by atoms with Crippen molar-refractivity contribution in [2.24, 2.45) is 5.41 Å². The van der Waals surface area contributed by atoms with Gasteiger partial charge in [0.25, 0.3) is 0 Å². The van der Waals surface area contributed by atoms with Crippen LogP contribution in [0.1, 0.15) is 38.0 Å². The molecule has 0 N–H and O–H groups in total. The fourth-order valence-corrected chi connectivity index (χ4v) is 3.21. The maximum Gasteiger partial charge on any atom is 0.216 e. The summed E-state index contributed by atoms with van der Waals surface area (Å²) < 4.78 is 0. The first kappa shape index (κ1) is 22.2. The van der Waals surface area contributed by atoms with Crippen molar-refractivity contribution >= 4 is 23.1 Å². The molecule has 29 heavy (non-hydrogen) atoms. The van der Waals surface area contributed by atoms with E-state index in [9.17, 15) is 19.2 Å². The summed E-state index contributed by atoms with van der Waals surface area (Å²) in [7, 11) is 0. The van der Waals surface area contributed by atoms with Crippen LogP contribution in [0.25, 0.3) is 0 Å². The van der Waals surface area contributed by atoms with E-state index in [1.165, 1.54) is 36.4 Å². The van der Waals surface area contributed by atoms with Crippen LogP contribution in [-0.2, 0) is 23.4 Å². The first-order valence-electron chi connectivity index (χ1n) is 8.80. The van der Waals surface area contributed by atoms with Gasteiger partial charge in [0.2, 0.25) is 5.41 Å². The van der Waals surface area contributed by atoms with E-state index in [0.29, 0.717) is 0 Å². The van der Waals surface area contributed by atoms with Crippen molar-refractivity contribution in [3.05, 3.63) is 108 Å². The zero-order valence-corrected chi connectivity index (χ0v) is 17.1. The molecule has 0 heterocycles. The van der Waals surface area contributed by atoms with Crippen molar-refractivity contribution in [2.75, 3.05) is 0 Å². The molecule has 5 heteroatoms. The third kappa shape index (κ3) is 4.04. The summed E-state index contributed by atoms with van der Waals surface area (Å²) in [5.74, 6) is -3.25. The Kier molecular flexibility index (Phi) is 7.21. The molecule has 0 amide bonds. The van der Waals surface area contributed by atoms with Crippen molar-refractivity contribution in [3.8, 4) is 0 Å². The van der Waals surface area contributed by atoms with Crippen LogP contribution < -0.4 is 0 Å². The summed E-state index contributed by atoms with van der Waals surface area (Å²) in [4.78, 5) is 53.3. The van der Waals surface area contributed by atoms with Crippen LogP contribution in [0.3, 0.4) is 0 Å². The van der Waals surface area contributed by atoms with Crippen LogP contribution in [0.4, 0.5) is 0 Å². The van der Waals surface area contributed by atoms with Crippen LogP contribution in [0.2, 0.25) is 0 Å². The molecule has 0 aliphatic rings. The molecule has 0 aromatic heterocycles. The first-order chi connectivity index (χ1) is 13.5. The molecule has 4 nitrogen and oxygen atoms in total. The molecule has 0 fully saturated rings. The molecular weight excluding hydrogens is 403 g/mol. The van der Waals surface area contributed by atoms with Crippen LogP contribution in [0, 0.1) is 5.41 Å². The summed E-state index contributed by atoms with van der Waals surface area (Å²) in [6.07, 6.45) is 0. The van der Waals surface area contributed by atoms with Gasteiger partial charge in [-0.05, 0) is 6.92 Å². The molecule has 0 bridgehead atoms. The molecule has 0 unspecified atom stereocenters. The van der Waals surface area contributed by atoms with E-state index in [4.69, 9.17) is 0 Å². The van der Waals surface area contributed by atoms with Crippen molar-refractivity contribution < 1.29 is 37.7 Å². The van der Waals surface area contributed by atoms with Gasteiger partial charge in [0.05, 0.1) is 0 Å². The molecule has 3 aromatic rings. The Morgan fingerprint density at radius 2 is 0.759 bits per heavy atom. The molecule has 0 spiro atoms. The molecule has 0 aliphatic heterocycles. The van der Waals surface area contributed by atoms with E-state index >= 15 is 0 Å². The van der Waals surface area contributed by atoms with Crippen molar-refractivity contribution in [1.82, 2.24) is 0 Å². The number of carbonyl (C=O) groups is 4. The van der Waals surface area contributed by atoms with Gasteiger partial charge >= 0.3 is 0 Å². The predicted octanol–water partition coefficient (Wildman–Crippen LogP) is 4.21. The summed E-state index contributed by atoms with van der Waals surface area (Å²) in [5, 5.41) is 0.